The number of nitrogens with one attached hydrogen (secondary N) is 1. The summed E-state index contributed by atoms with van der Waals surface area (Å²) >= 11 is 0. The van der Waals surface area contributed by atoms with E-state index in [-0.39, 0.29) is 32.1 Å². The Balaban J connectivity index is 3.68. The molecule has 3 N–H and O–H groups in total. The summed E-state index contributed by atoms with van der Waals surface area (Å²) in [5.74, 6) is -0.549. The summed E-state index contributed by atoms with van der Waals surface area (Å²) < 4.78 is 26.8. The molecular weight excluding hydrogens is 677 g/mol. The predicted molar refractivity (Wildman–Crippen MR) is 215 cm³/mol. The van der Waals surface area contributed by atoms with Crippen LogP contribution in [-0.4, -0.2) is 54.3 Å². The standard InChI is InChI=1S/C42H76NO8P/c1-3-5-7-9-11-13-15-17-18-19-20-21-22-23-25-27-29-31-33-35-42(46)49-38-40(44)39-51-52(47,48)50-37-36-43-41(45)34-32-30-28-26-24-16-14-12-10-8-6-4-2/h11,13,17-18,20-21,23,25,40,44H,3-10,12,14-16,19,22,24,26-39H2,1-2H3,(H,43,45)(H,47,48)/b13-11-,18-17-,21-20-,25-23-. The maximum atomic E-state index is 12.1. The molecule has 0 bridgehead atoms. The predicted octanol–water partition coefficient (Wildman–Crippen LogP) is 11.2. The van der Waals surface area contributed by atoms with Crippen LogP contribution in [0.5, 0.6) is 0 Å². The molecule has 0 aliphatic heterocycles. The third-order valence-electron chi connectivity index (χ3n) is 8.51. The lowest BCUT2D eigenvalue weighted by Gasteiger charge is -2.15. The van der Waals surface area contributed by atoms with Gasteiger partial charge in [-0.15, -0.1) is 0 Å². The van der Waals surface area contributed by atoms with E-state index in [4.69, 9.17) is 13.8 Å². The minimum atomic E-state index is -4.42. The fraction of sp³-hybridized carbons (Fsp3) is 0.762. The van der Waals surface area contributed by atoms with Crippen molar-refractivity contribution in [3.63, 3.8) is 0 Å². The molecule has 0 aliphatic carbocycles. The molecule has 10 heteroatoms. The second-order valence-corrected chi connectivity index (χ2v) is 15.1. The number of hydrogen-bond donors (Lipinski definition) is 3. The number of carbonyl (C=O) groups excluding carboxylic acids is 2. The van der Waals surface area contributed by atoms with Crippen LogP contribution in [0.2, 0.25) is 0 Å². The van der Waals surface area contributed by atoms with Crippen LogP contribution in [-0.2, 0) is 27.9 Å². The highest BCUT2D eigenvalue weighted by atomic mass is 31.2. The first-order valence-corrected chi connectivity index (χ1v) is 22.1. The maximum Gasteiger partial charge on any atom is 0.472 e. The van der Waals surface area contributed by atoms with Gasteiger partial charge in [0, 0.05) is 19.4 Å². The number of carbonyl (C=O) groups is 2. The summed E-state index contributed by atoms with van der Waals surface area (Å²) in [6, 6.07) is 0. The minimum absolute atomic E-state index is 0.0781. The molecular formula is C42H76NO8P. The van der Waals surface area contributed by atoms with Crippen molar-refractivity contribution in [1.82, 2.24) is 5.32 Å². The smallest absolute Gasteiger partial charge is 0.463 e. The maximum absolute atomic E-state index is 12.1. The average molecular weight is 754 g/mol. The topological polar surface area (TPSA) is 131 Å². The summed E-state index contributed by atoms with van der Waals surface area (Å²) in [4.78, 5) is 33.8. The lowest BCUT2D eigenvalue weighted by molar-refractivity contribution is -0.147. The number of amides is 1. The number of phosphoric ester groups is 1. The molecule has 0 spiro atoms. The zero-order valence-corrected chi connectivity index (χ0v) is 33.9. The molecule has 302 valence electrons. The summed E-state index contributed by atoms with van der Waals surface area (Å²) in [7, 11) is -4.42. The van der Waals surface area contributed by atoms with E-state index in [1.165, 1.54) is 83.5 Å². The number of ether oxygens (including phenoxy) is 1. The molecule has 0 aromatic carbocycles. The number of aliphatic hydroxyl groups excluding tert-OH is 1. The Hall–Kier alpha value is -2.03. The van der Waals surface area contributed by atoms with E-state index in [9.17, 15) is 24.2 Å². The van der Waals surface area contributed by atoms with Crippen molar-refractivity contribution < 1.29 is 37.9 Å². The highest BCUT2D eigenvalue weighted by molar-refractivity contribution is 7.47. The van der Waals surface area contributed by atoms with Gasteiger partial charge in [0.05, 0.1) is 13.2 Å². The summed E-state index contributed by atoms with van der Waals surface area (Å²) in [5.41, 5.74) is 0. The van der Waals surface area contributed by atoms with Gasteiger partial charge in [0.15, 0.2) is 0 Å². The van der Waals surface area contributed by atoms with Gasteiger partial charge in [-0.3, -0.25) is 18.6 Å². The van der Waals surface area contributed by atoms with E-state index in [0.29, 0.717) is 12.8 Å². The van der Waals surface area contributed by atoms with Gasteiger partial charge in [0.1, 0.15) is 12.7 Å². The van der Waals surface area contributed by atoms with Gasteiger partial charge in [-0.25, -0.2) is 4.57 Å². The van der Waals surface area contributed by atoms with E-state index in [0.717, 1.165) is 57.8 Å². The van der Waals surface area contributed by atoms with Crippen molar-refractivity contribution in [2.75, 3.05) is 26.4 Å². The van der Waals surface area contributed by atoms with E-state index >= 15 is 0 Å². The number of phosphoric acid groups is 1. The molecule has 0 aromatic heterocycles. The zero-order valence-electron chi connectivity index (χ0n) is 33.0. The number of hydrogen-bond acceptors (Lipinski definition) is 7. The Morgan fingerprint density at radius 1 is 0.596 bits per heavy atom. The molecule has 0 fully saturated rings. The molecule has 0 aromatic rings. The first kappa shape index (κ1) is 50.0. The van der Waals surface area contributed by atoms with Gasteiger partial charge in [-0.1, -0.05) is 152 Å². The van der Waals surface area contributed by atoms with E-state index < -0.39 is 26.5 Å². The van der Waals surface area contributed by atoms with Crippen molar-refractivity contribution in [3.8, 4) is 0 Å². The molecule has 2 atom stereocenters. The van der Waals surface area contributed by atoms with E-state index in [1.54, 1.807) is 0 Å². The quantitative estimate of drug-likeness (QED) is 0.0246. The Labute approximate surface area is 317 Å². The van der Waals surface area contributed by atoms with Gasteiger partial charge in [0.25, 0.3) is 0 Å². The van der Waals surface area contributed by atoms with Crippen LogP contribution in [0.25, 0.3) is 0 Å². The van der Waals surface area contributed by atoms with Crippen molar-refractivity contribution in [3.05, 3.63) is 48.6 Å². The average Bonchev–Trinajstić information content (AvgIpc) is 3.13. The first-order valence-electron chi connectivity index (χ1n) is 20.6. The molecule has 0 aliphatic rings. The van der Waals surface area contributed by atoms with Crippen LogP contribution in [0.1, 0.15) is 174 Å². The van der Waals surface area contributed by atoms with Crippen LogP contribution < -0.4 is 5.32 Å². The largest absolute Gasteiger partial charge is 0.472 e. The van der Waals surface area contributed by atoms with Gasteiger partial charge in [-0.05, 0) is 57.8 Å². The first-order chi connectivity index (χ1) is 25.3. The van der Waals surface area contributed by atoms with Gasteiger partial charge in [-0.2, -0.15) is 0 Å². The summed E-state index contributed by atoms with van der Waals surface area (Å²) in [6.07, 6.45) is 43.2. The Kier molecular flexibility index (Phi) is 37.2. The lowest BCUT2D eigenvalue weighted by atomic mass is 10.0. The van der Waals surface area contributed by atoms with Crippen molar-refractivity contribution in [1.29, 1.82) is 0 Å². The minimum Gasteiger partial charge on any atom is -0.463 e. The Bertz CT molecular complexity index is 996. The molecule has 9 nitrogen and oxygen atoms in total. The number of unbranched alkanes of at least 4 members (excludes halogenated alkanes) is 17. The third-order valence-corrected chi connectivity index (χ3v) is 9.50. The molecule has 1 amide bonds. The molecule has 0 saturated heterocycles. The van der Waals surface area contributed by atoms with Crippen LogP contribution in [0.3, 0.4) is 0 Å². The number of esters is 1. The number of aliphatic hydroxyl groups is 1. The normalized spacial score (nSPS) is 13.8. The Morgan fingerprint density at radius 2 is 1.04 bits per heavy atom. The fourth-order valence-corrected chi connectivity index (χ4v) is 6.12. The van der Waals surface area contributed by atoms with Crippen molar-refractivity contribution in [2.24, 2.45) is 0 Å². The lowest BCUT2D eigenvalue weighted by Crippen LogP contribution is -2.27. The van der Waals surface area contributed by atoms with Crippen LogP contribution in [0, 0.1) is 0 Å². The van der Waals surface area contributed by atoms with Crippen LogP contribution in [0.4, 0.5) is 0 Å². The second kappa shape index (κ2) is 38.7. The van der Waals surface area contributed by atoms with Crippen molar-refractivity contribution in [2.45, 2.75) is 180 Å². The van der Waals surface area contributed by atoms with E-state index in [2.05, 4.69) is 67.8 Å². The highest BCUT2D eigenvalue weighted by Gasteiger charge is 2.23. The highest BCUT2D eigenvalue weighted by Crippen LogP contribution is 2.42. The Morgan fingerprint density at radius 3 is 1.60 bits per heavy atom. The second-order valence-electron chi connectivity index (χ2n) is 13.6. The molecule has 52 heavy (non-hydrogen) atoms. The number of rotatable bonds is 38. The fourth-order valence-electron chi connectivity index (χ4n) is 5.36. The van der Waals surface area contributed by atoms with Crippen molar-refractivity contribution >= 4 is 19.7 Å². The molecule has 0 saturated carbocycles. The number of allylic oxidation sites excluding steroid dienone is 8. The molecule has 0 rings (SSSR count). The zero-order chi connectivity index (χ0) is 38.2. The molecule has 0 radical (unpaired) electrons. The van der Waals surface area contributed by atoms with Gasteiger partial charge >= 0.3 is 13.8 Å². The monoisotopic (exact) mass is 754 g/mol. The van der Waals surface area contributed by atoms with Crippen LogP contribution in [0.15, 0.2) is 48.6 Å². The third kappa shape index (κ3) is 39.2. The molecule has 2 unspecified atom stereocenters. The SMILES string of the molecule is CCCCC/C=C\C/C=C\C/C=C\C/C=C\CCCCCC(=O)OCC(O)COP(=O)(O)OCCNC(=O)CCCCCCCCCCCCCC. The van der Waals surface area contributed by atoms with Crippen LogP contribution >= 0.6 is 7.82 Å². The summed E-state index contributed by atoms with van der Waals surface area (Å²) in [6.45, 7) is 3.48. The summed E-state index contributed by atoms with van der Waals surface area (Å²) in [5, 5.41) is 12.7. The van der Waals surface area contributed by atoms with Gasteiger partial charge in [0.2, 0.25) is 5.91 Å². The van der Waals surface area contributed by atoms with Gasteiger partial charge < -0.3 is 20.1 Å². The molecule has 0 heterocycles. The van der Waals surface area contributed by atoms with E-state index in [1.807, 2.05) is 0 Å².